The van der Waals surface area contributed by atoms with Crippen molar-refractivity contribution in [2.24, 2.45) is 34.5 Å². The summed E-state index contributed by atoms with van der Waals surface area (Å²) in [5.41, 5.74) is -1.55. The molecule has 8 nitrogen and oxygen atoms in total. The molecule has 2 fully saturated rings. The standard InChI is InChI=1S/C25H30O8/c1-10(2)7-16(27)33-20-17-12(4)18(28)19(29)21-24(5)13(11(3)8-14(26)22(24)30)9-15(25(17,21)6)32-23(20)31/h7-8,11,13,15,17,20-21,26,28H,9H2,1-6H3/t11-,13+,15-,17-,20-,21-,24+,25+/m1/s1. The second-order valence-corrected chi connectivity index (χ2v) is 10.5. The topological polar surface area (TPSA) is 127 Å². The molecule has 0 radical (unpaired) electrons. The van der Waals surface area contributed by atoms with Crippen molar-refractivity contribution in [3.8, 4) is 0 Å². The molecule has 8 atom stereocenters. The van der Waals surface area contributed by atoms with Gasteiger partial charge in [-0.3, -0.25) is 9.59 Å². The zero-order chi connectivity index (χ0) is 24.6. The number of Topliss-reactive ketones (excluding diaryl/α,β-unsaturated/α-hetero) is 2. The molecule has 1 heterocycles. The number of allylic oxidation sites excluding steroid dienone is 4. The molecule has 0 unspecified atom stereocenters. The molecule has 0 bridgehead atoms. The summed E-state index contributed by atoms with van der Waals surface area (Å²) in [5.74, 6) is -6.19. The van der Waals surface area contributed by atoms with Gasteiger partial charge in [0.15, 0.2) is 11.5 Å². The van der Waals surface area contributed by atoms with E-state index in [4.69, 9.17) is 9.47 Å². The fraction of sp³-hybridized carbons (Fsp3) is 0.600. The summed E-state index contributed by atoms with van der Waals surface area (Å²) in [7, 11) is 0. The molecular formula is C25H30O8. The SMILES string of the molecule is CC(C)=CC(=O)O[C@H]1C(=O)O[C@@H]2C[C@H]3[C@H](C)C=C(O)C(=O)[C@]3(C)[C@H]3C(=O)C(O)=C(C)[C@H]1[C@@]32C. The molecule has 1 aliphatic heterocycles. The first-order chi connectivity index (χ1) is 15.3. The first kappa shape index (κ1) is 23.3. The highest BCUT2D eigenvalue weighted by molar-refractivity contribution is 6.07. The Balaban J connectivity index is 1.92. The summed E-state index contributed by atoms with van der Waals surface area (Å²) in [6.45, 7) is 10.2. The summed E-state index contributed by atoms with van der Waals surface area (Å²) in [4.78, 5) is 52.4. The maximum atomic E-state index is 13.6. The highest BCUT2D eigenvalue weighted by Crippen LogP contribution is 2.67. The van der Waals surface area contributed by atoms with Crippen molar-refractivity contribution in [3.05, 3.63) is 34.8 Å². The molecule has 0 spiro atoms. The smallest absolute Gasteiger partial charge is 0.348 e. The van der Waals surface area contributed by atoms with Crippen molar-refractivity contribution >= 4 is 23.5 Å². The minimum atomic E-state index is -1.38. The Morgan fingerprint density at radius 2 is 1.85 bits per heavy atom. The number of esters is 2. The maximum absolute atomic E-state index is 13.6. The summed E-state index contributed by atoms with van der Waals surface area (Å²) in [5, 5.41) is 21.3. The van der Waals surface area contributed by atoms with Crippen molar-refractivity contribution in [1.82, 2.24) is 0 Å². The van der Waals surface area contributed by atoms with Crippen LogP contribution in [0.25, 0.3) is 0 Å². The number of fused-ring (bicyclic) bond motifs is 2. The van der Waals surface area contributed by atoms with Crippen LogP contribution in [-0.4, -0.2) is 45.9 Å². The number of aliphatic hydroxyl groups excluding tert-OH is 2. The molecule has 1 saturated carbocycles. The molecule has 1 saturated heterocycles. The summed E-state index contributed by atoms with van der Waals surface area (Å²) < 4.78 is 11.3. The van der Waals surface area contributed by atoms with Crippen LogP contribution in [-0.2, 0) is 28.7 Å². The van der Waals surface area contributed by atoms with Crippen molar-refractivity contribution < 1.29 is 38.9 Å². The number of hydrogen-bond acceptors (Lipinski definition) is 8. The largest absolute Gasteiger partial charge is 0.505 e. The van der Waals surface area contributed by atoms with E-state index in [-0.39, 0.29) is 11.5 Å². The normalized spacial score (nSPS) is 42.0. The molecule has 0 aromatic heterocycles. The number of hydrogen-bond donors (Lipinski definition) is 2. The fourth-order valence-corrected chi connectivity index (χ4v) is 7.01. The van der Waals surface area contributed by atoms with Gasteiger partial charge >= 0.3 is 11.9 Å². The van der Waals surface area contributed by atoms with E-state index in [0.717, 1.165) is 0 Å². The minimum Gasteiger partial charge on any atom is -0.505 e. The van der Waals surface area contributed by atoms with E-state index in [9.17, 15) is 29.4 Å². The number of ketones is 2. The van der Waals surface area contributed by atoms with Crippen LogP contribution in [0.4, 0.5) is 0 Å². The lowest BCUT2D eigenvalue weighted by Gasteiger charge is -2.64. The van der Waals surface area contributed by atoms with Crippen LogP contribution in [0.15, 0.2) is 34.8 Å². The lowest BCUT2D eigenvalue weighted by atomic mass is 9.40. The van der Waals surface area contributed by atoms with Gasteiger partial charge in [-0.05, 0) is 50.7 Å². The van der Waals surface area contributed by atoms with Crippen molar-refractivity contribution in [2.75, 3.05) is 0 Å². The van der Waals surface area contributed by atoms with Gasteiger partial charge in [0.1, 0.15) is 6.10 Å². The maximum Gasteiger partial charge on any atom is 0.348 e. The number of carbonyl (C=O) groups is 4. The Morgan fingerprint density at radius 3 is 2.45 bits per heavy atom. The molecule has 8 heteroatoms. The highest BCUT2D eigenvalue weighted by atomic mass is 16.6. The average molecular weight is 459 g/mol. The van der Waals surface area contributed by atoms with Crippen LogP contribution in [0.2, 0.25) is 0 Å². The minimum absolute atomic E-state index is 0.230. The van der Waals surface area contributed by atoms with Crippen molar-refractivity contribution in [3.63, 3.8) is 0 Å². The number of rotatable bonds is 2. The van der Waals surface area contributed by atoms with E-state index in [0.29, 0.717) is 12.0 Å². The summed E-state index contributed by atoms with van der Waals surface area (Å²) in [6, 6.07) is 0. The third-order valence-electron chi connectivity index (χ3n) is 8.38. The van der Waals surface area contributed by atoms with E-state index in [1.807, 2.05) is 6.92 Å². The fourth-order valence-electron chi connectivity index (χ4n) is 7.01. The first-order valence-corrected chi connectivity index (χ1v) is 11.2. The van der Waals surface area contributed by atoms with Crippen LogP contribution >= 0.6 is 0 Å². The third kappa shape index (κ3) is 2.95. The molecule has 4 aliphatic rings. The van der Waals surface area contributed by atoms with Gasteiger partial charge in [-0.15, -0.1) is 0 Å². The monoisotopic (exact) mass is 458 g/mol. The van der Waals surface area contributed by atoms with Gasteiger partial charge in [-0.1, -0.05) is 26.3 Å². The number of ether oxygens (including phenoxy) is 2. The quantitative estimate of drug-likeness (QED) is 0.477. The summed E-state index contributed by atoms with van der Waals surface area (Å²) in [6.07, 6.45) is 0.912. The molecule has 0 amide bonds. The zero-order valence-electron chi connectivity index (χ0n) is 19.7. The zero-order valence-corrected chi connectivity index (χ0v) is 19.7. The molecular weight excluding hydrogens is 428 g/mol. The average Bonchev–Trinajstić information content (AvgIpc) is 2.70. The van der Waals surface area contributed by atoms with Gasteiger partial charge in [0, 0.05) is 28.7 Å². The molecule has 0 aromatic rings. The Bertz CT molecular complexity index is 1060. The predicted octanol–water partition coefficient (Wildman–Crippen LogP) is 3.13. The lowest BCUT2D eigenvalue weighted by molar-refractivity contribution is -0.237. The second kappa shape index (κ2) is 7.30. The molecule has 178 valence electrons. The number of carbonyl (C=O) groups excluding carboxylic acids is 4. The third-order valence-corrected chi connectivity index (χ3v) is 8.38. The van der Waals surface area contributed by atoms with E-state index in [2.05, 4.69) is 0 Å². The van der Waals surface area contributed by atoms with Gasteiger partial charge < -0.3 is 19.7 Å². The van der Waals surface area contributed by atoms with Crippen molar-refractivity contribution in [1.29, 1.82) is 0 Å². The Labute approximate surface area is 192 Å². The second-order valence-electron chi connectivity index (χ2n) is 10.5. The van der Waals surface area contributed by atoms with E-state index < -0.39 is 75.8 Å². The van der Waals surface area contributed by atoms with Crippen LogP contribution in [0.3, 0.4) is 0 Å². The number of aliphatic hydroxyl groups is 2. The molecule has 3 aliphatic carbocycles. The van der Waals surface area contributed by atoms with Gasteiger partial charge in [0.2, 0.25) is 17.7 Å². The first-order valence-electron chi connectivity index (χ1n) is 11.2. The molecule has 0 aromatic carbocycles. The highest BCUT2D eigenvalue weighted by Gasteiger charge is 2.74. The molecule has 2 N–H and O–H groups in total. The van der Waals surface area contributed by atoms with Gasteiger partial charge in [0.25, 0.3) is 0 Å². The van der Waals surface area contributed by atoms with Gasteiger partial charge in [-0.25, -0.2) is 9.59 Å². The van der Waals surface area contributed by atoms with Crippen molar-refractivity contribution in [2.45, 2.75) is 60.2 Å². The lowest BCUT2D eigenvalue weighted by Crippen LogP contribution is -2.71. The van der Waals surface area contributed by atoms with Crippen LogP contribution in [0.1, 0.15) is 48.0 Å². The van der Waals surface area contributed by atoms with E-state index in [1.165, 1.54) is 19.1 Å². The van der Waals surface area contributed by atoms with Crippen LogP contribution in [0.5, 0.6) is 0 Å². The van der Waals surface area contributed by atoms with E-state index in [1.54, 1.807) is 27.7 Å². The Kier molecular flexibility index (Phi) is 5.15. The van der Waals surface area contributed by atoms with Crippen LogP contribution in [0, 0.1) is 34.5 Å². The molecule has 33 heavy (non-hydrogen) atoms. The predicted molar refractivity (Wildman–Crippen MR) is 116 cm³/mol. The molecule has 4 rings (SSSR count). The van der Waals surface area contributed by atoms with Crippen LogP contribution < -0.4 is 0 Å². The Morgan fingerprint density at radius 1 is 1.21 bits per heavy atom. The van der Waals surface area contributed by atoms with Gasteiger partial charge in [0.05, 0.1) is 0 Å². The van der Waals surface area contributed by atoms with Gasteiger partial charge in [-0.2, -0.15) is 0 Å². The summed E-state index contributed by atoms with van der Waals surface area (Å²) >= 11 is 0. The Hall–Kier alpha value is -2.90. The van der Waals surface area contributed by atoms with E-state index >= 15 is 0 Å².